The summed E-state index contributed by atoms with van der Waals surface area (Å²) in [6.07, 6.45) is 1.14. The third kappa shape index (κ3) is 3.77. The van der Waals surface area contributed by atoms with Crippen LogP contribution in [-0.4, -0.2) is 23.6 Å². The van der Waals surface area contributed by atoms with Gasteiger partial charge in [-0.1, -0.05) is 6.92 Å². The van der Waals surface area contributed by atoms with E-state index in [4.69, 9.17) is 4.98 Å². The zero-order chi connectivity index (χ0) is 14.5. The summed E-state index contributed by atoms with van der Waals surface area (Å²) < 4.78 is 0. The van der Waals surface area contributed by atoms with E-state index in [-0.39, 0.29) is 0 Å². The molecule has 0 amide bonds. The highest BCUT2D eigenvalue weighted by Gasteiger charge is 2.13. The van der Waals surface area contributed by atoms with Gasteiger partial charge in [0.25, 0.3) is 0 Å². The zero-order valence-corrected chi connectivity index (χ0v) is 14.1. The number of nitrogens with one attached hydrogen (secondary N) is 1. The van der Waals surface area contributed by atoms with Crippen molar-refractivity contribution in [1.82, 2.24) is 15.3 Å². The summed E-state index contributed by atoms with van der Waals surface area (Å²) in [5, 5.41) is 6.69. The van der Waals surface area contributed by atoms with Crippen LogP contribution in [0.15, 0.2) is 10.9 Å². The molecule has 1 unspecified atom stereocenters. The van der Waals surface area contributed by atoms with E-state index < -0.39 is 0 Å². The lowest BCUT2D eigenvalue weighted by atomic mass is 10.2. The summed E-state index contributed by atoms with van der Waals surface area (Å²) in [7, 11) is 2.09. The standard InChI is InChI=1S/C14H22N4S2/c1-5-6-15-10(2)12-8-19-14(17-12)18(4)7-13-11(3)16-9-20-13/h8-10,15H,5-7H2,1-4H3. The van der Waals surface area contributed by atoms with Gasteiger partial charge in [0.1, 0.15) is 0 Å². The molecule has 0 aliphatic carbocycles. The largest absolute Gasteiger partial charge is 0.346 e. The van der Waals surface area contributed by atoms with Crippen LogP contribution in [0.5, 0.6) is 0 Å². The fourth-order valence-corrected chi connectivity index (χ4v) is 3.59. The molecule has 0 bridgehead atoms. The van der Waals surface area contributed by atoms with E-state index in [0.717, 1.165) is 36.0 Å². The molecule has 0 spiro atoms. The van der Waals surface area contributed by atoms with E-state index in [2.05, 4.69) is 48.4 Å². The highest BCUT2D eigenvalue weighted by molar-refractivity contribution is 7.13. The average Bonchev–Trinajstić information content (AvgIpc) is 3.06. The van der Waals surface area contributed by atoms with Gasteiger partial charge in [-0.15, -0.1) is 22.7 Å². The van der Waals surface area contributed by atoms with Gasteiger partial charge in [0.2, 0.25) is 0 Å². The van der Waals surface area contributed by atoms with Gasteiger partial charge in [0.05, 0.1) is 23.4 Å². The molecule has 110 valence electrons. The summed E-state index contributed by atoms with van der Waals surface area (Å²) in [4.78, 5) is 12.5. The highest BCUT2D eigenvalue weighted by Crippen LogP contribution is 2.25. The molecule has 1 N–H and O–H groups in total. The number of anilines is 1. The van der Waals surface area contributed by atoms with Crippen LogP contribution in [0.3, 0.4) is 0 Å². The van der Waals surface area contributed by atoms with Crippen LogP contribution in [-0.2, 0) is 6.54 Å². The van der Waals surface area contributed by atoms with E-state index in [0.29, 0.717) is 6.04 Å². The number of nitrogens with zero attached hydrogens (tertiary/aromatic N) is 3. The van der Waals surface area contributed by atoms with Crippen LogP contribution in [0.4, 0.5) is 5.13 Å². The number of aromatic nitrogens is 2. The molecule has 20 heavy (non-hydrogen) atoms. The Morgan fingerprint density at radius 2 is 2.20 bits per heavy atom. The maximum atomic E-state index is 4.74. The van der Waals surface area contributed by atoms with E-state index in [1.807, 2.05) is 5.51 Å². The molecule has 1 atom stereocenters. The summed E-state index contributed by atoms with van der Waals surface area (Å²) in [5.74, 6) is 0. The predicted octanol–water partition coefficient (Wildman–Crippen LogP) is 3.61. The number of aryl methyl sites for hydroxylation is 1. The predicted molar refractivity (Wildman–Crippen MR) is 87.8 cm³/mol. The molecular weight excluding hydrogens is 288 g/mol. The van der Waals surface area contributed by atoms with Crippen molar-refractivity contribution in [3.63, 3.8) is 0 Å². The lowest BCUT2D eigenvalue weighted by molar-refractivity contribution is 0.561. The summed E-state index contributed by atoms with van der Waals surface area (Å²) in [6, 6.07) is 0.318. The number of hydrogen-bond acceptors (Lipinski definition) is 6. The van der Waals surface area contributed by atoms with Crippen molar-refractivity contribution in [2.45, 2.75) is 39.8 Å². The Kier molecular flexibility index (Phi) is 5.51. The zero-order valence-electron chi connectivity index (χ0n) is 12.5. The molecule has 0 aliphatic heterocycles. The summed E-state index contributed by atoms with van der Waals surface area (Å²) in [6.45, 7) is 8.31. The Hall–Kier alpha value is -0.980. The van der Waals surface area contributed by atoms with Crippen molar-refractivity contribution in [2.75, 3.05) is 18.5 Å². The van der Waals surface area contributed by atoms with Gasteiger partial charge in [-0.2, -0.15) is 0 Å². The Labute approximate surface area is 128 Å². The minimum absolute atomic E-state index is 0.318. The summed E-state index contributed by atoms with van der Waals surface area (Å²) in [5.41, 5.74) is 4.16. The smallest absolute Gasteiger partial charge is 0.185 e. The van der Waals surface area contributed by atoms with E-state index >= 15 is 0 Å². The number of thiazole rings is 2. The molecule has 0 saturated heterocycles. The Bertz CT molecular complexity index is 535. The highest BCUT2D eigenvalue weighted by atomic mass is 32.1. The fraction of sp³-hybridized carbons (Fsp3) is 0.571. The van der Waals surface area contributed by atoms with E-state index in [1.165, 1.54) is 4.88 Å². The maximum Gasteiger partial charge on any atom is 0.185 e. The first-order chi connectivity index (χ1) is 9.61. The molecule has 2 heterocycles. The third-order valence-corrected chi connectivity index (χ3v) is 5.10. The topological polar surface area (TPSA) is 41.0 Å². The Balaban J connectivity index is 1.99. The molecule has 0 radical (unpaired) electrons. The van der Waals surface area contributed by atoms with Gasteiger partial charge in [0, 0.05) is 23.3 Å². The monoisotopic (exact) mass is 310 g/mol. The minimum atomic E-state index is 0.318. The van der Waals surface area contributed by atoms with Gasteiger partial charge in [-0.25, -0.2) is 9.97 Å². The first-order valence-electron chi connectivity index (χ1n) is 6.90. The average molecular weight is 310 g/mol. The molecule has 4 nitrogen and oxygen atoms in total. The van der Waals surface area contributed by atoms with Crippen molar-refractivity contribution < 1.29 is 0 Å². The second kappa shape index (κ2) is 7.15. The first-order valence-corrected chi connectivity index (χ1v) is 8.66. The Morgan fingerprint density at radius 1 is 1.40 bits per heavy atom. The van der Waals surface area contributed by atoms with Crippen LogP contribution >= 0.6 is 22.7 Å². The molecule has 0 fully saturated rings. The maximum absolute atomic E-state index is 4.74. The second-order valence-electron chi connectivity index (χ2n) is 4.95. The van der Waals surface area contributed by atoms with Gasteiger partial charge in [-0.05, 0) is 26.8 Å². The molecule has 2 aromatic heterocycles. The van der Waals surface area contributed by atoms with E-state index in [1.54, 1.807) is 22.7 Å². The van der Waals surface area contributed by atoms with Crippen molar-refractivity contribution in [1.29, 1.82) is 0 Å². The molecule has 0 saturated carbocycles. The van der Waals surface area contributed by atoms with Crippen LogP contribution in [0.25, 0.3) is 0 Å². The van der Waals surface area contributed by atoms with Crippen LogP contribution in [0.1, 0.15) is 42.6 Å². The summed E-state index contributed by atoms with van der Waals surface area (Å²) >= 11 is 3.41. The fourth-order valence-electron chi connectivity index (χ4n) is 1.88. The molecule has 0 aliphatic rings. The van der Waals surface area contributed by atoms with Gasteiger partial charge in [0.15, 0.2) is 5.13 Å². The van der Waals surface area contributed by atoms with E-state index in [9.17, 15) is 0 Å². The normalized spacial score (nSPS) is 12.6. The Morgan fingerprint density at radius 3 is 2.85 bits per heavy atom. The van der Waals surface area contributed by atoms with Gasteiger partial charge in [-0.3, -0.25) is 0 Å². The van der Waals surface area contributed by atoms with Crippen molar-refractivity contribution >= 4 is 27.8 Å². The van der Waals surface area contributed by atoms with Crippen molar-refractivity contribution in [2.24, 2.45) is 0 Å². The number of hydrogen-bond donors (Lipinski definition) is 1. The minimum Gasteiger partial charge on any atom is -0.346 e. The van der Waals surface area contributed by atoms with Crippen LogP contribution in [0, 0.1) is 6.92 Å². The molecule has 6 heteroatoms. The van der Waals surface area contributed by atoms with Crippen LogP contribution < -0.4 is 10.2 Å². The quantitative estimate of drug-likeness (QED) is 0.848. The lowest BCUT2D eigenvalue weighted by Crippen LogP contribution is -2.20. The lowest BCUT2D eigenvalue weighted by Gasteiger charge is -2.15. The SMILES string of the molecule is CCCNC(C)c1csc(N(C)Cc2scnc2C)n1. The molecule has 0 aromatic carbocycles. The first kappa shape index (κ1) is 15.4. The third-order valence-electron chi connectivity index (χ3n) is 3.21. The van der Waals surface area contributed by atoms with Crippen molar-refractivity contribution in [3.05, 3.63) is 27.2 Å². The number of rotatable bonds is 7. The molecular formula is C14H22N4S2. The van der Waals surface area contributed by atoms with Gasteiger partial charge >= 0.3 is 0 Å². The van der Waals surface area contributed by atoms with Crippen molar-refractivity contribution in [3.8, 4) is 0 Å². The molecule has 2 rings (SSSR count). The second-order valence-corrected chi connectivity index (χ2v) is 6.72. The molecule has 2 aromatic rings. The van der Waals surface area contributed by atoms with Crippen LogP contribution in [0.2, 0.25) is 0 Å². The van der Waals surface area contributed by atoms with Gasteiger partial charge < -0.3 is 10.2 Å².